The van der Waals surface area contributed by atoms with Crippen LogP contribution in [0, 0.1) is 0 Å². The van der Waals surface area contributed by atoms with Crippen LogP contribution in [-0.2, 0) is 0 Å². The van der Waals surface area contributed by atoms with Crippen molar-refractivity contribution in [2.45, 2.75) is 38.6 Å². The molecular weight excluding hydrogens is 184 g/mol. The van der Waals surface area contributed by atoms with E-state index in [-0.39, 0.29) is 0 Å². The van der Waals surface area contributed by atoms with Crippen molar-refractivity contribution in [2.75, 3.05) is 0 Å². The lowest BCUT2D eigenvalue weighted by Gasteiger charge is -2.12. The Bertz CT molecular complexity index is 492. The Morgan fingerprint density at radius 1 is 1.27 bits per heavy atom. The average Bonchev–Trinajstić information content (AvgIpc) is 2.98. The summed E-state index contributed by atoms with van der Waals surface area (Å²) in [5.74, 6) is 2.02. The minimum absolute atomic E-state index is 0.507. The van der Waals surface area contributed by atoms with E-state index in [1.54, 1.807) is 0 Å². The summed E-state index contributed by atoms with van der Waals surface area (Å²) < 4.78 is 2.40. The molecule has 2 nitrogen and oxygen atoms in total. The lowest BCUT2D eigenvalue weighted by atomic mass is 10.3. The minimum Gasteiger partial charge on any atom is -0.325 e. The largest absolute Gasteiger partial charge is 0.325 e. The van der Waals surface area contributed by atoms with Gasteiger partial charge in [-0.25, -0.2) is 4.98 Å². The third-order valence-electron chi connectivity index (χ3n) is 3.08. The highest BCUT2D eigenvalue weighted by molar-refractivity contribution is 5.76. The molecule has 1 heterocycles. The fourth-order valence-electron chi connectivity index (χ4n) is 2.24. The van der Waals surface area contributed by atoms with Gasteiger partial charge in [0, 0.05) is 12.0 Å². The Labute approximate surface area is 89.9 Å². The van der Waals surface area contributed by atoms with Crippen molar-refractivity contribution in [3.63, 3.8) is 0 Å². The Morgan fingerprint density at radius 3 is 2.67 bits per heavy atom. The molecule has 0 aliphatic heterocycles. The van der Waals surface area contributed by atoms with Gasteiger partial charge in [0.15, 0.2) is 0 Å². The van der Waals surface area contributed by atoms with Crippen LogP contribution in [0.3, 0.4) is 0 Å². The second kappa shape index (κ2) is 3.09. The van der Waals surface area contributed by atoms with Crippen LogP contribution >= 0.6 is 0 Å². The van der Waals surface area contributed by atoms with Gasteiger partial charge in [0.05, 0.1) is 11.0 Å². The molecule has 2 heteroatoms. The zero-order chi connectivity index (χ0) is 10.4. The predicted octanol–water partition coefficient (Wildman–Crippen LogP) is 3.49. The van der Waals surface area contributed by atoms with E-state index in [1.165, 1.54) is 24.2 Å². The Hall–Kier alpha value is -1.31. The summed E-state index contributed by atoms with van der Waals surface area (Å²) in [4.78, 5) is 4.76. The Morgan fingerprint density at radius 2 is 2.00 bits per heavy atom. The number of imidazole rings is 1. The van der Waals surface area contributed by atoms with Crippen molar-refractivity contribution in [1.29, 1.82) is 0 Å². The van der Waals surface area contributed by atoms with Crippen LogP contribution in [0.4, 0.5) is 0 Å². The van der Waals surface area contributed by atoms with Gasteiger partial charge in [0.25, 0.3) is 0 Å². The fraction of sp³-hybridized carbons (Fsp3) is 0.462. The van der Waals surface area contributed by atoms with E-state index in [1.807, 2.05) is 0 Å². The molecule has 1 aromatic carbocycles. The summed E-state index contributed by atoms with van der Waals surface area (Å²) in [6, 6.07) is 8.96. The zero-order valence-electron chi connectivity index (χ0n) is 9.27. The number of benzene rings is 1. The van der Waals surface area contributed by atoms with E-state index in [0.29, 0.717) is 6.04 Å². The molecule has 1 aliphatic rings. The number of fused-ring (bicyclic) bond motifs is 1. The van der Waals surface area contributed by atoms with Gasteiger partial charge in [-0.15, -0.1) is 0 Å². The van der Waals surface area contributed by atoms with Gasteiger partial charge in [0.1, 0.15) is 5.82 Å². The molecule has 0 N–H and O–H groups in total. The molecule has 0 bridgehead atoms. The predicted molar refractivity (Wildman–Crippen MR) is 62.1 cm³/mol. The molecule has 3 rings (SSSR count). The fourth-order valence-corrected chi connectivity index (χ4v) is 2.24. The first-order valence-electron chi connectivity index (χ1n) is 5.74. The van der Waals surface area contributed by atoms with Gasteiger partial charge >= 0.3 is 0 Å². The second-order valence-electron chi connectivity index (χ2n) is 4.70. The molecule has 15 heavy (non-hydrogen) atoms. The minimum atomic E-state index is 0.507. The van der Waals surface area contributed by atoms with Crippen molar-refractivity contribution in [1.82, 2.24) is 9.55 Å². The molecule has 1 aliphatic carbocycles. The Kier molecular flexibility index (Phi) is 1.84. The average molecular weight is 200 g/mol. The third-order valence-corrected chi connectivity index (χ3v) is 3.08. The van der Waals surface area contributed by atoms with Crippen LogP contribution in [0.15, 0.2) is 24.3 Å². The number of nitrogens with zero attached hydrogens (tertiary/aromatic N) is 2. The molecule has 1 saturated carbocycles. The standard InChI is InChI=1S/C13H16N2/c1-9(2)15-12-6-4-3-5-11(12)14-13(15)10-7-8-10/h3-6,9-10H,7-8H2,1-2H3. The van der Waals surface area contributed by atoms with E-state index in [0.717, 1.165) is 11.4 Å². The highest BCUT2D eigenvalue weighted by atomic mass is 15.1. The molecule has 0 radical (unpaired) electrons. The van der Waals surface area contributed by atoms with Gasteiger partial charge in [-0.1, -0.05) is 12.1 Å². The number of para-hydroxylation sites is 2. The quantitative estimate of drug-likeness (QED) is 0.725. The van der Waals surface area contributed by atoms with Crippen LogP contribution in [0.2, 0.25) is 0 Å². The number of hydrogen-bond donors (Lipinski definition) is 0. The van der Waals surface area contributed by atoms with Gasteiger partial charge in [-0.2, -0.15) is 0 Å². The topological polar surface area (TPSA) is 17.8 Å². The summed E-state index contributed by atoms with van der Waals surface area (Å²) >= 11 is 0. The first kappa shape index (κ1) is 8.96. The van der Waals surface area contributed by atoms with Crippen molar-refractivity contribution in [2.24, 2.45) is 0 Å². The van der Waals surface area contributed by atoms with Crippen LogP contribution in [-0.4, -0.2) is 9.55 Å². The summed E-state index contributed by atoms with van der Waals surface area (Å²) in [6.45, 7) is 4.47. The molecule has 0 unspecified atom stereocenters. The molecular formula is C13H16N2. The maximum Gasteiger partial charge on any atom is 0.113 e. The molecule has 78 valence electrons. The third kappa shape index (κ3) is 1.36. The summed E-state index contributed by atoms with van der Waals surface area (Å²) in [5, 5.41) is 0. The first-order valence-corrected chi connectivity index (χ1v) is 5.74. The van der Waals surface area contributed by atoms with Crippen molar-refractivity contribution in [3.8, 4) is 0 Å². The zero-order valence-corrected chi connectivity index (χ0v) is 9.27. The van der Waals surface area contributed by atoms with Gasteiger partial charge in [0.2, 0.25) is 0 Å². The molecule has 0 amide bonds. The molecule has 0 spiro atoms. The first-order chi connectivity index (χ1) is 7.27. The molecule has 2 aromatic rings. The number of hydrogen-bond acceptors (Lipinski definition) is 1. The maximum absolute atomic E-state index is 4.76. The van der Waals surface area contributed by atoms with Crippen LogP contribution < -0.4 is 0 Å². The van der Waals surface area contributed by atoms with E-state index >= 15 is 0 Å². The van der Waals surface area contributed by atoms with Gasteiger partial charge in [-0.3, -0.25) is 0 Å². The number of aromatic nitrogens is 2. The van der Waals surface area contributed by atoms with Crippen LogP contribution in [0.25, 0.3) is 11.0 Å². The van der Waals surface area contributed by atoms with Crippen LogP contribution in [0.1, 0.15) is 44.5 Å². The lowest BCUT2D eigenvalue weighted by molar-refractivity contribution is 0.585. The van der Waals surface area contributed by atoms with E-state index in [2.05, 4.69) is 42.7 Å². The highest BCUT2D eigenvalue weighted by Gasteiger charge is 2.30. The monoisotopic (exact) mass is 200 g/mol. The lowest BCUT2D eigenvalue weighted by Crippen LogP contribution is -2.04. The highest BCUT2D eigenvalue weighted by Crippen LogP contribution is 2.41. The summed E-state index contributed by atoms with van der Waals surface area (Å²) in [7, 11) is 0. The van der Waals surface area contributed by atoms with E-state index in [9.17, 15) is 0 Å². The SMILES string of the molecule is CC(C)n1c(C2CC2)nc2ccccc21. The molecule has 0 saturated heterocycles. The van der Waals surface area contributed by atoms with Crippen molar-refractivity contribution < 1.29 is 0 Å². The van der Waals surface area contributed by atoms with E-state index < -0.39 is 0 Å². The molecule has 0 atom stereocenters. The van der Waals surface area contributed by atoms with Gasteiger partial charge < -0.3 is 4.57 Å². The normalized spacial score (nSPS) is 16.5. The molecule has 1 fully saturated rings. The summed E-state index contributed by atoms with van der Waals surface area (Å²) in [6.07, 6.45) is 2.63. The smallest absolute Gasteiger partial charge is 0.113 e. The van der Waals surface area contributed by atoms with Crippen molar-refractivity contribution >= 4 is 11.0 Å². The van der Waals surface area contributed by atoms with Crippen LogP contribution in [0.5, 0.6) is 0 Å². The maximum atomic E-state index is 4.76. The van der Waals surface area contributed by atoms with Gasteiger partial charge in [-0.05, 0) is 38.8 Å². The molecule has 1 aromatic heterocycles. The van der Waals surface area contributed by atoms with E-state index in [4.69, 9.17) is 4.98 Å². The summed E-state index contributed by atoms with van der Waals surface area (Å²) in [5.41, 5.74) is 2.43. The number of rotatable bonds is 2. The Balaban J connectivity index is 2.28. The van der Waals surface area contributed by atoms with Crippen molar-refractivity contribution in [3.05, 3.63) is 30.1 Å². The second-order valence-corrected chi connectivity index (χ2v) is 4.70.